The monoisotopic (exact) mass is 215 g/mol. The first kappa shape index (κ1) is 12.9. The number of rotatable bonds is 2. The van der Waals surface area contributed by atoms with Crippen LogP contribution in [-0.4, -0.2) is 17.5 Å². The van der Waals surface area contributed by atoms with Gasteiger partial charge in [-0.2, -0.15) is 0 Å². The summed E-state index contributed by atoms with van der Waals surface area (Å²) in [6.45, 7) is 1.86. The summed E-state index contributed by atoms with van der Waals surface area (Å²) in [7, 11) is 0. The van der Waals surface area contributed by atoms with Gasteiger partial charge in [0.25, 0.3) is 0 Å². The molecular formula is C10H14ClNO2. The van der Waals surface area contributed by atoms with Gasteiger partial charge in [0.2, 0.25) is 0 Å². The van der Waals surface area contributed by atoms with Gasteiger partial charge in [-0.1, -0.05) is 12.1 Å². The van der Waals surface area contributed by atoms with E-state index in [0.29, 0.717) is 5.56 Å². The topological polar surface area (TPSA) is 63.3 Å². The number of aromatic carboxylic acids is 1. The summed E-state index contributed by atoms with van der Waals surface area (Å²) in [5.41, 5.74) is 6.83. The first-order chi connectivity index (χ1) is 6.61. The average Bonchev–Trinajstić information content (AvgIpc) is 2.21. The summed E-state index contributed by atoms with van der Waals surface area (Å²) in [5.74, 6) is -0.911. The van der Waals surface area contributed by atoms with Crippen molar-refractivity contribution in [2.75, 3.05) is 6.38 Å². The number of hydrogen-bond donors (Lipinski definition) is 2. The molecule has 1 atom stereocenters. The van der Waals surface area contributed by atoms with E-state index < -0.39 is 5.97 Å². The van der Waals surface area contributed by atoms with E-state index in [4.69, 9.17) is 10.8 Å². The van der Waals surface area contributed by atoms with Crippen molar-refractivity contribution in [1.29, 1.82) is 0 Å². The zero-order valence-corrected chi connectivity index (χ0v) is 8.95. The lowest BCUT2D eigenvalue weighted by atomic mass is 10.1. The zero-order chi connectivity index (χ0) is 11.1. The molecule has 0 saturated heterocycles. The highest BCUT2D eigenvalue weighted by Crippen LogP contribution is 2.10. The number of carbonyl (C=O) groups is 1. The highest BCUT2D eigenvalue weighted by molar-refractivity contribution is 6.15. The highest BCUT2D eigenvalue weighted by atomic mass is 35.5. The van der Waals surface area contributed by atoms with Gasteiger partial charge in [0.05, 0.1) is 5.56 Å². The van der Waals surface area contributed by atoms with Gasteiger partial charge in [-0.15, -0.1) is 11.6 Å². The number of carboxylic acids is 1. The van der Waals surface area contributed by atoms with Gasteiger partial charge in [0, 0.05) is 12.4 Å². The molecule has 0 fully saturated rings. The third-order valence-corrected chi connectivity index (χ3v) is 1.68. The van der Waals surface area contributed by atoms with Crippen molar-refractivity contribution < 1.29 is 9.90 Å². The summed E-state index contributed by atoms with van der Waals surface area (Å²) >= 11 is 4.64. The number of hydrogen-bond acceptors (Lipinski definition) is 2. The molecule has 14 heavy (non-hydrogen) atoms. The first-order valence-electron chi connectivity index (χ1n) is 4.08. The molecule has 1 rings (SSSR count). The van der Waals surface area contributed by atoms with E-state index in [-0.39, 0.29) is 6.04 Å². The molecule has 3 N–H and O–H groups in total. The van der Waals surface area contributed by atoms with Crippen LogP contribution in [0.1, 0.15) is 28.9 Å². The van der Waals surface area contributed by atoms with Gasteiger partial charge in [-0.3, -0.25) is 0 Å². The van der Waals surface area contributed by atoms with Crippen molar-refractivity contribution in [1.82, 2.24) is 0 Å². The summed E-state index contributed by atoms with van der Waals surface area (Å²) in [6, 6.07) is 6.53. The van der Waals surface area contributed by atoms with Crippen LogP contribution in [0, 0.1) is 0 Å². The molecule has 0 unspecified atom stereocenters. The maximum atomic E-state index is 10.5. The van der Waals surface area contributed by atoms with Gasteiger partial charge < -0.3 is 10.8 Å². The summed E-state index contributed by atoms with van der Waals surface area (Å²) in [6.07, 6.45) is 1.47. The summed E-state index contributed by atoms with van der Waals surface area (Å²) < 4.78 is 0. The summed E-state index contributed by atoms with van der Waals surface area (Å²) in [4.78, 5) is 10.5. The van der Waals surface area contributed by atoms with Crippen LogP contribution < -0.4 is 5.73 Å². The van der Waals surface area contributed by atoms with Crippen molar-refractivity contribution >= 4 is 17.6 Å². The quantitative estimate of drug-likeness (QED) is 0.744. The van der Waals surface area contributed by atoms with Crippen LogP contribution in [0.3, 0.4) is 0 Å². The Bertz CT molecular complexity index is 283. The minimum atomic E-state index is -0.911. The second kappa shape index (κ2) is 6.40. The second-order valence-corrected chi connectivity index (χ2v) is 2.72. The van der Waals surface area contributed by atoms with Gasteiger partial charge in [0.1, 0.15) is 0 Å². The molecule has 0 amide bonds. The lowest BCUT2D eigenvalue weighted by molar-refractivity contribution is 0.0697. The molecule has 1 aromatic rings. The molecule has 78 valence electrons. The molecule has 3 nitrogen and oxygen atoms in total. The van der Waals surface area contributed by atoms with Gasteiger partial charge >= 0.3 is 5.97 Å². The minimum Gasteiger partial charge on any atom is -0.478 e. The lowest BCUT2D eigenvalue weighted by Gasteiger charge is -2.04. The van der Waals surface area contributed by atoms with Crippen LogP contribution >= 0.6 is 11.6 Å². The van der Waals surface area contributed by atoms with E-state index in [9.17, 15) is 4.79 Å². The SMILES string of the molecule is CCl.C[C@@H](N)c1ccc(C(=O)O)cc1. The zero-order valence-electron chi connectivity index (χ0n) is 8.20. The largest absolute Gasteiger partial charge is 0.478 e. The molecule has 0 aliphatic rings. The van der Waals surface area contributed by atoms with Crippen LogP contribution in [0.5, 0.6) is 0 Å². The lowest BCUT2D eigenvalue weighted by Crippen LogP contribution is -2.05. The van der Waals surface area contributed by atoms with Crippen LogP contribution in [-0.2, 0) is 0 Å². The van der Waals surface area contributed by atoms with Crippen LogP contribution in [0.15, 0.2) is 24.3 Å². The van der Waals surface area contributed by atoms with Crippen molar-refractivity contribution in [3.05, 3.63) is 35.4 Å². The average molecular weight is 216 g/mol. The summed E-state index contributed by atoms with van der Waals surface area (Å²) in [5, 5.41) is 8.58. The molecule has 0 aliphatic heterocycles. The maximum absolute atomic E-state index is 10.5. The third kappa shape index (κ3) is 3.77. The predicted molar refractivity (Wildman–Crippen MR) is 57.8 cm³/mol. The minimum absolute atomic E-state index is 0.0483. The Morgan fingerprint density at radius 1 is 1.36 bits per heavy atom. The molecule has 1 aromatic carbocycles. The molecule has 0 aliphatic carbocycles. The second-order valence-electron chi connectivity index (χ2n) is 2.72. The number of nitrogens with two attached hydrogens (primary N) is 1. The molecule has 0 bridgehead atoms. The Morgan fingerprint density at radius 3 is 2.07 bits per heavy atom. The van der Waals surface area contributed by atoms with Crippen LogP contribution in [0.25, 0.3) is 0 Å². The maximum Gasteiger partial charge on any atom is 0.335 e. The number of carboxylic acid groups (broad SMARTS) is 1. The smallest absolute Gasteiger partial charge is 0.335 e. The van der Waals surface area contributed by atoms with Crippen molar-refractivity contribution in [2.24, 2.45) is 5.73 Å². The molecule has 0 spiro atoms. The molecular weight excluding hydrogens is 202 g/mol. The third-order valence-electron chi connectivity index (χ3n) is 1.68. The Hall–Kier alpha value is -1.06. The van der Waals surface area contributed by atoms with E-state index in [1.54, 1.807) is 24.3 Å². The van der Waals surface area contributed by atoms with Gasteiger partial charge in [-0.05, 0) is 24.6 Å². The van der Waals surface area contributed by atoms with E-state index in [1.807, 2.05) is 6.92 Å². The van der Waals surface area contributed by atoms with E-state index in [1.165, 1.54) is 6.38 Å². The molecule has 0 saturated carbocycles. The fraction of sp³-hybridized carbons (Fsp3) is 0.300. The molecule has 0 aromatic heterocycles. The fourth-order valence-corrected chi connectivity index (χ4v) is 0.929. The standard InChI is InChI=1S/C9H11NO2.CH3Cl/c1-6(10)7-2-4-8(5-3-7)9(11)12;1-2/h2-6H,10H2,1H3,(H,11,12);1H3/t6-;/m1./s1. The normalized spacial score (nSPS) is 11.1. The van der Waals surface area contributed by atoms with E-state index >= 15 is 0 Å². The molecule has 4 heteroatoms. The van der Waals surface area contributed by atoms with Crippen molar-refractivity contribution in [3.63, 3.8) is 0 Å². The predicted octanol–water partition coefficient (Wildman–Crippen LogP) is 2.26. The van der Waals surface area contributed by atoms with Gasteiger partial charge in [-0.25, -0.2) is 4.79 Å². The molecule has 0 radical (unpaired) electrons. The van der Waals surface area contributed by atoms with E-state index in [2.05, 4.69) is 11.6 Å². The van der Waals surface area contributed by atoms with Gasteiger partial charge in [0.15, 0.2) is 0 Å². The molecule has 0 heterocycles. The number of halogens is 1. The Labute approximate surface area is 88.5 Å². The highest BCUT2D eigenvalue weighted by Gasteiger charge is 2.02. The van der Waals surface area contributed by atoms with Crippen LogP contribution in [0.2, 0.25) is 0 Å². The van der Waals surface area contributed by atoms with Crippen LogP contribution in [0.4, 0.5) is 0 Å². The first-order valence-corrected chi connectivity index (χ1v) is 4.83. The van der Waals surface area contributed by atoms with E-state index in [0.717, 1.165) is 5.56 Å². The Balaban J connectivity index is 0.000000791. The number of benzene rings is 1. The fourth-order valence-electron chi connectivity index (χ4n) is 0.929. The van der Waals surface area contributed by atoms with Crippen molar-refractivity contribution in [3.8, 4) is 0 Å². The van der Waals surface area contributed by atoms with Crippen molar-refractivity contribution in [2.45, 2.75) is 13.0 Å². The number of alkyl halides is 1. The Kier molecular flexibility index (Phi) is 5.92. The Morgan fingerprint density at radius 2 is 1.79 bits per heavy atom.